The number of hydrogen-bond acceptors (Lipinski definition) is 0. The van der Waals surface area contributed by atoms with E-state index in [2.05, 4.69) is 177 Å². The summed E-state index contributed by atoms with van der Waals surface area (Å²) >= 11 is 0. The predicted molar refractivity (Wildman–Crippen MR) is 236 cm³/mol. The van der Waals surface area contributed by atoms with Gasteiger partial charge in [0, 0.05) is 27.8 Å². The highest BCUT2D eigenvalue weighted by molar-refractivity contribution is 6.11. The lowest BCUT2D eigenvalue weighted by atomic mass is 9.76. The van der Waals surface area contributed by atoms with Crippen LogP contribution in [-0.4, -0.2) is 4.57 Å². The smallest absolute Gasteiger partial charge is 0.0538 e. The summed E-state index contributed by atoms with van der Waals surface area (Å²) in [4.78, 5) is 0. The SMILES string of the molecule is C#C/C=C\C=C(/C)n1c2ccccc2c2cc(-c3ccc(CC(C4=CC=C(c5ccccc5)CC4)c4ccc5c(c4)C(C)(C)C4=C5CCC=C4)cc3)ccc21. The molecule has 9 rings (SSSR count). The van der Waals surface area contributed by atoms with Gasteiger partial charge < -0.3 is 4.57 Å². The van der Waals surface area contributed by atoms with Crippen molar-refractivity contribution in [3.8, 4) is 23.5 Å². The Balaban J connectivity index is 1.06. The minimum absolute atomic E-state index is 0.0204. The highest BCUT2D eigenvalue weighted by atomic mass is 15.0. The molecule has 0 radical (unpaired) electrons. The van der Waals surface area contributed by atoms with Crippen LogP contribution in [0.15, 0.2) is 169 Å². The lowest BCUT2D eigenvalue weighted by Crippen LogP contribution is -2.17. The molecular formula is C54H47N. The van der Waals surface area contributed by atoms with E-state index in [9.17, 15) is 0 Å². The minimum Gasteiger partial charge on any atom is -0.313 e. The highest BCUT2D eigenvalue weighted by Gasteiger charge is 2.37. The largest absolute Gasteiger partial charge is 0.313 e. The average molecular weight is 710 g/mol. The monoisotopic (exact) mass is 709 g/mol. The van der Waals surface area contributed by atoms with Gasteiger partial charge in [-0.1, -0.05) is 153 Å². The van der Waals surface area contributed by atoms with Gasteiger partial charge >= 0.3 is 0 Å². The van der Waals surface area contributed by atoms with Gasteiger partial charge in [0.25, 0.3) is 0 Å². The number of allylic oxidation sites excluding steroid dienone is 12. The van der Waals surface area contributed by atoms with E-state index >= 15 is 0 Å². The molecule has 0 N–H and O–H groups in total. The van der Waals surface area contributed by atoms with Crippen LogP contribution in [-0.2, 0) is 11.8 Å². The molecule has 55 heavy (non-hydrogen) atoms. The van der Waals surface area contributed by atoms with E-state index in [-0.39, 0.29) is 5.41 Å². The summed E-state index contributed by atoms with van der Waals surface area (Å²) in [5, 5.41) is 2.51. The van der Waals surface area contributed by atoms with E-state index in [0.717, 1.165) is 37.8 Å². The number of terminal acetylenes is 1. The Morgan fingerprint density at radius 1 is 0.782 bits per heavy atom. The molecule has 0 amide bonds. The topological polar surface area (TPSA) is 4.93 Å². The third-order valence-corrected chi connectivity index (χ3v) is 12.3. The van der Waals surface area contributed by atoms with Crippen molar-refractivity contribution in [2.24, 2.45) is 0 Å². The Kier molecular flexibility index (Phi) is 9.00. The third kappa shape index (κ3) is 6.27. The van der Waals surface area contributed by atoms with Crippen molar-refractivity contribution in [3.63, 3.8) is 0 Å². The molecule has 6 aromatic rings. The van der Waals surface area contributed by atoms with Crippen molar-refractivity contribution in [1.29, 1.82) is 0 Å². The average Bonchev–Trinajstić information content (AvgIpc) is 3.68. The Labute approximate surface area is 326 Å². The fourth-order valence-electron chi connectivity index (χ4n) is 9.45. The van der Waals surface area contributed by atoms with Gasteiger partial charge in [0.1, 0.15) is 0 Å². The van der Waals surface area contributed by atoms with Gasteiger partial charge in [-0.3, -0.25) is 0 Å². The number of aromatic nitrogens is 1. The first-order valence-electron chi connectivity index (χ1n) is 19.8. The van der Waals surface area contributed by atoms with E-state index in [1.807, 2.05) is 6.08 Å². The zero-order valence-corrected chi connectivity index (χ0v) is 32.1. The second-order valence-corrected chi connectivity index (χ2v) is 15.9. The van der Waals surface area contributed by atoms with Crippen LogP contribution in [0.2, 0.25) is 0 Å². The van der Waals surface area contributed by atoms with E-state index in [1.165, 1.54) is 77.5 Å². The molecule has 268 valence electrons. The van der Waals surface area contributed by atoms with Gasteiger partial charge in [-0.2, -0.15) is 0 Å². The van der Waals surface area contributed by atoms with Gasteiger partial charge in [-0.25, -0.2) is 0 Å². The first-order chi connectivity index (χ1) is 26.9. The fourth-order valence-corrected chi connectivity index (χ4v) is 9.45. The van der Waals surface area contributed by atoms with E-state index in [0.29, 0.717) is 5.92 Å². The van der Waals surface area contributed by atoms with Gasteiger partial charge in [0.2, 0.25) is 0 Å². The summed E-state index contributed by atoms with van der Waals surface area (Å²) in [6.45, 7) is 6.98. The van der Waals surface area contributed by atoms with Crippen LogP contribution in [0, 0.1) is 12.3 Å². The molecule has 1 atom stereocenters. The number of benzene rings is 5. The Hall–Kier alpha value is -6.10. The molecule has 0 spiro atoms. The number of hydrogen-bond donors (Lipinski definition) is 0. The van der Waals surface area contributed by atoms with E-state index in [1.54, 1.807) is 11.6 Å². The van der Waals surface area contributed by atoms with Crippen LogP contribution >= 0.6 is 0 Å². The van der Waals surface area contributed by atoms with Gasteiger partial charge in [0.15, 0.2) is 0 Å². The van der Waals surface area contributed by atoms with Gasteiger partial charge in [-0.05, 0) is 125 Å². The number of rotatable bonds is 8. The summed E-state index contributed by atoms with van der Waals surface area (Å²) in [6.07, 6.45) is 26.2. The molecule has 1 heterocycles. The summed E-state index contributed by atoms with van der Waals surface area (Å²) in [5.74, 6) is 2.90. The standard InChI is InChI=1S/C54H47N/c1-5-6-8-15-37(2)55-52-21-14-12-19-47(52)49-35-43(31-33-53(49)55)41-24-22-38(23-25-41)34-48(42-28-26-40(27-29-42)39-16-9-7-10-17-39)44-30-32-46-45-18-11-13-20-50(45)54(3,4)51(46)36-44/h1,6-10,12-17,19-26,28,30-33,35-36,48H,11,18,27,29,34H2,2-4H3/b8-6-,37-15+. The Morgan fingerprint density at radius 2 is 1.56 bits per heavy atom. The van der Waals surface area contributed by atoms with Crippen LogP contribution in [0.5, 0.6) is 0 Å². The van der Waals surface area contributed by atoms with Crippen molar-refractivity contribution in [2.45, 2.75) is 64.2 Å². The van der Waals surface area contributed by atoms with Gasteiger partial charge in [-0.15, -0.1) is 6.42 Å². The predicted octanol–water partition coefficient (Wildman–Crippen LogP) is 14.0. The molecule has 3 aliphatic carbocycles. The lowest BCUT2D eigenvalue weighted by Gasteiger charge is -2.28. The normalized spacial score (nSPS) is 16.9. The maximum atomic E-state index is 5.47. The maximum Gasteiger partial charge on any atom is 0.0538 e. The van der Waals surface area contributed by atoms with Crippen LogP contribution in [0.25, 0.3) is 49.8 Å². The maximum absolute atomic E-state index is 5.47. The molecule has 1 nitrogen and oxygen atoms in total. The molecule has 0 fully saturated rings. The van der Waals surface area contributed by atoms with Crippen LogP contribution in [0.1, 0.15) is 80.2 Å². The molecule has 1 aromatic heterocycles. The first kappa shape index (κ1) is 34.7. The summed E-state index contributed by atoms with van der Waals surface area (Å²) in [7, 11) is 0. The quantitative estimate of drug-likeness (QED) is 0.110. The Bertz CT molecular complexity index is 2690. The zero-order valence-electron chi connectivity index (χ0n) is 32.1. The molecule has 0 saturated heterocycles. The summed E-state index contributed by atoms with van der Waals surface area (Å²) in [5.41, 5.74) is 19.1. The molecule has 0 bridgehead atoms. The number of nitrogens with zero attached hydrogens (tertiary/aromatic N) is 1. The van der Waals surface area contributed by atoms with Crippen molar-refractivity contribution >= 4 is 38.6 Å². The molecule has 1 heteroatoms. The van der Waals surface area contributed by atoms with Crippen LogP contribution < -0.4 is 0 Å². The second kappa shape index (κ2) is 14.3. The molecule has 3 aliphatic rings. The van der Waals surface area contributed by atoms with E-state index < -0.39 is 0 Å². The minimum atomic E-state index is 0.0204. The third-order valence-electron chi connectivity index (χ3n) is 12.3. The van der Waals surface area contributed by atoms with Crippen molar-refractivity contribution in [3.05, 3.63) is 197 Å². The Morgan fingerprint density at radius 3 is 2.36 bits per heavy atom. The van der Waals surface area contributed by atoms with Crippen LogP contribution in [0.4, 0.5) is 0 Å². The zero-order chi connectivity index (χ0) is 37.5. The molecule has 5 aromatic carbocycles. The van der Waals surface area contributed by atoms with Crippen LogP contribution in [0.3, 0.4) is 0 Å². The first-order valence-corrected chi connectivity index (χ1v) is 19.8. The van der Waals surface area contributed by atoms with Crippen molar-refractivity contribution in [2.75, 3.05) is 0 Å². The van der Waals surface area contributed by atoms with E-state index in [4.69, 9.17) is 6.42 Å². The molecule has 0 aliphatic heterocycles. The molecular weight excluding hydrogens is 663 g/mol. The fraction of sp³-hybridized carbons (Fsp3) is 0.185. The lowest BCUT2D eigenvalue weighted by molar-refractivity contribution is 0.647. The summed E-state index contributed by atoms with van der Waals surface area (Å²) < 4.78 is 2.33. The number of fused-ring (bicyclic) bond motifs is 5. The van der Waals surface area contributed by atoms with Crippen molar-refractivity contribution in [1.82, 2.24) is 4.57 Å². The highest BCUT2D eigenvalue weighted by Crippen LogP contribution is 2.51. The van der Waals surface area contributed by atoms with Gasteiger partial charge in [0.05, 0.1) is 11.0 Å². The number of para-hydroxylation sites is 1. The second-order valence-electron chi connectivity index (χ2n) is 15.9. The molecule has 1 unspecified atom stereocenters. The van der Waals surface area contributed by atoms with Crippen molar-refractivity contribution < 1.29 is 0 Å². The molecule has 0 saturated carbocycles. The summed E-state index contributed by atoms with van der Waals surface area (Å²) in [6, 6.07) is 43.2.